The molecule has 112 valence electrons. The molecule has 0 aromatic carbocycles. The van der Waals surface area contributed by atoms with Gasteiger partial charge in [-0.3, -0.25) is 4.79 Å². The molecular formula is C15H18N2O3S. The summed E-state index contributed by atoms with van der Waals surface area (Å²) >= 11 is 1.66. The molecule has 2 aromatic heterocycles. The predicted octanol–water partition coefficient (Wildman–Crippen LogP) is 3.30. The van der Waals surface area contributed by atoms with Crippen molar-refractivity contribution in [1.29, 1.82) is 0 Å². The lowest BCUT2D eigenvalue weighted by Gasteiger charge is -2.24. The third-order valence-corrected chi connectivity index (χ3v) is 5.01. The molecule has 0 radical (unpaired) electrons. The maximum Gasteiger partial charge on any atom is 0.303 e. The molecule has 0 atom stereocenters. The highest BCUT2D eigenvalue weighted by Gasteiger charge is 2.37. The summed E-state index contributed by atoms with van der Waals surface area (Å²) in [5.74, 6) is 0.441. The lowest BCUT2D eigenvalue weighted by atomic mass is 9.79. The van der Waals surface area contributed by atoms with E-state index in [2.05, 4.69) is 10.2 Å². The Bertz CT molecular complexity index is 600. The molecule has 5 nitrogen and oxygen atoms in total. The van der Waals surface area contributed by atoms with Gasteiger partial charge in [0.2, 0.25) is 11.8 Å². The van der Waals surface area contributed by atoms with Crippen LogP contribution in [0.1, 0.15) is 48.8 Å². The number of aromatic nitrogens is 2. The molecule has 1 aliphatic rings. The number of carbonyl (C=O) groups is 1. The summed E-state index contributed by atoms with van der Waals surface area (Å²) in [5, 5.41) is 19.3. The maximum atomic E-state index is 11.1. The van der Waals surface area contributed by atoms with Gasteiger partial charge in [-0.25, -0.2) is 0 Å². The quantitative estimate of drug-likeness (QED) is 0.886. The average molecular weight is 306 g/mol. The molecule has 21 heavy (non-hydrogen) atoms. The van der Waals surface area contributed by atoms with Gasteiger partial charge in [0.1, 0.15) is 0 Å². The van der Waals surface area contributed by atoms with Crippen molar-refractivity contribution in [1.82, 2.24) is 10.2 Å². The largest absolute Gasteiger partial charge is 0.481 e. The van der Waals surface area contributed by atoms with E-state index in [4.69, 9.17) is 9.52 Å². The van der Waals surface area contributed by atoms with Crippen LogP contribution in [0.4, 0.5) is 0 Å². The molecule has 1 N–H and O–H groups in total. The number of hydrogen-bond acceptors (Lipinski definition) is 5. The van der Waals surface area contributed by atoms with Gasteiger partial charge in [0.25, 0.3) is 0 Å². The fraction of sp³-hybridized carbons (Fsp3) is 0.533. The van der Waals surface area contributed by atoms with E-state index < -0.39 is 5.97 Å². The second-order valence-corrected chi connectivity index (χ2v) is 6.83. The normalized spacial score (nSPS) is 17.1. The van der Waals surface area contributed by atoms with Crippen LogP contribution >= 0.6 is 11.3 Å². The summed E-state index contributed by atoms with van der Waals surface area (Å²) in [6.45, 7) is 0. The minimum absolute atomic E-state index is 0.190. The summed E-state index contributed by atoms with van der Waals surface area (Å²) in [6, 6.07) is 4.04. The number of nitrogens with zero attached hydrogens (tertiary/aromatic N) is 2. The van der Waals surface area contributed by atoms with Gasteiger partial charge in [-0.1, -0.05) is 18.9 Å². The molecule has 1 fully saturated rings. The molecule has 0 saturated heterocycles. The van der Waals surface area contributed by atoms with Gasteiger partial charge >= 0.3 is 5.97 Å². The van der Waals surface area contributed by atoms with E-state index >= 15 is 0 Å². The van der Waals surface area contributed by atoms with E-state index in [9.17, 15) is 4.79 Å². The Morgan fingerprint density at radius 3 is 2.76 bits per heavy atom. The molecule has 0 bridgehead atoms. The topological polar surface area (TPSA) is 76.2 Å². The molecule has 3 rings (SSSR count). The number of rotatable bonds is 6. The van der Waals surface area contributed by atoms with E-state index in [0.29, 0.717) is 24.6 Å². The zero-order valence-corrected chi connectivity index (χ0v) is 12.6. The van der Waals surface area contributed by atoms with Gasteiger partial charge in [0.15, 0.2) is 0 Å². The fourth-order valence-corrected chi connectivity index (χ4v) is 3.87. The van der Waals surface area contributed by atoms with Crippen molar-refractivity contribution < 1.29 is 14.3 Å². The molecule has 0 aliphatic heterocycles. The SMILES string of the molecule is O=C(O)CC1(Cc2nnc(Cc3cccs3)o2)CCCC1. The number of aliphatic carboxylic acids is 1. The fourth-order valence-electron chi connectivity index (χ4n) is 3.18. The molecule has 0 unspecified atom stereocenters. The summed E-state index contributed by atoms with van der Waals surface area (Å²) < 4.78 is 5.72. The molecule has 0 spiro atoms. The van der Waals surface area contributed by atoms with Crippen molar-refractivity contribution in [2.24, 2.45) is 5.41 Å². The first kappa shape index (κ1) is 14.3. The lowest BCUT2D eigenvalue weighted by molar-refractivity contribution is -0.139. The summed E-state index contributed by atoms with van der Waals surface area (Å²) in [4.78, 5) is 12.3. The summed E-state index contributed by atoms with van der Waals surface area (Å²) in [6.07, 6.45) is 5.46. The first-order valence-corrected chi connectivity index (χ1v) is 8.09. The van der Waals surface area contributed by atoms with Crippen LogP contribution < -0.4 is 0 Å². The molecule has 0 amide bonds. The highest BCUT2D eigenvalue weighted by atomic mass is 32.1. The van der Waals surface area contributed by atoms with Gasteiger partial charge in [-0.05, 0) is 29.7 Å². The summed E-state index contributed by atoms with van der Waals surface area (Å²) in [5.41, 5.74) is -0.196. The first-order chi connectivity index (χ1) is 10.2. The van der Waals surface area contributed by atoms with Crippen LogP contribution in [-0.2, 0) is 17.6 Å². The minimum Gasteiger partial charge on any atom is -0.481 e. The van der Waals surface area contributed by atoms with Crippen LogP contribution in [0.5, 0.6) is 0 Å². The number of carboxylic acid groups (broad SMARTS) is 1. The third kappa shape index (κ3) is 3.50. The van der Waals surface area contributed by atoms with Crippen molar-refractivity contribution in [2.75, 3.05) is 0 Å². The smallest absolute Gasteiger partial charge is 0.303 e. The van der Waals surface area contributed by atoms with Crippen molar-refractivity contribution in [3.63, 3.8) is 0 Å². The van der Waals surface area contributed by atoms with Gasteiger partial charge < -0.3 is 9.52 Å². The van der Waals surface area contributed by atoms with E-state index in [1.807, 2.05) is 17.5 Å². The Kier molecular flexibility index (Phi) is 4.05. The van der Waals surface area contributed by atoms with Crippen LogP contribution in [0.25, 0.3) is 0 Å². The van der Waals surface area contributed by atoms with Crippen molar-refractivity contribution >= 4 is 17.3 Å². The lowest BCUT2D eigenvalue weighted by Crippen LogP contribution is -2.23. The molecule has 6 heteroatoms. The molecular weight excluding hydrogens is 288 g/mol. The first-order valence-electron chi connectivity index (χ1n) is 7.21. The highest BCUT2D eigenvalue weighted by Crippen LogP contribution is 2.43. The van der Waals surface area contributed by atoms with Crippen LogP contribution in [0.3, 0.4) is 0 Å². The number of hydrogen-bond donors (Lipinski definition) is 1. The molecule has 2 heterocycles. The zero-order chi connectivity index (χ0) is 14.7. The summed E-state index contributed by atoms with van der Waals surface area (Å²) in [7, 11) is 0. The highest BCUT2D eigenvalue weighted by molar-refractivity contribution is 7.09. The van der Waals surface area contributed by atoms with Gasteiger partial charge in [-0.2, -0.15) is 0 Å². The Morgan fingerprint density at radius 1 is 1.33 bits per heavy atom. The predicted molar refractivity (Wildman–Crippen MR) is 78.3 cm³/mol. The van der Waals surface area contributed by atoms with E-state index in [0.717, 1.165) is 25.7 Å². The van der Waals surface area contributed by atoms with Crippen LogP contribution in [0.15, 0.2) is 21.9 Å². The monoisotopic (exact) mass is 306 g/mol. The zero-order valence-electron chi connectivity index (χ0n) is 11.7. The Morgan fingerprint density at radius 2 is 2.10 bits per heavy atom. The maximum absolute atomic E-state index is 11.1. The van der Waals surface area contributed by atoms with E-state index in [-0.39, 0.29) is 11.8 Å². The molecule has 2 aromatic rings. The second kappa shape index (κ2) is 5.97. The van der Waals surface area contributed by atoms with Crippen LogP contribution in [-0.4, -0.2) is 21.3 Å². The van der Waals surface area contributed by atoms with Gasteiger partial charge in [0.05, 0.1) is 12.8 Å². The van der Waals surface area contributed by atoms with E-state index in [1.54, 1.807) is 11.3 Å². The van der Waals surface area contributed by atoms with Crippen molar-refractivity contribution in [3.05, 3.63) is 34.2 Å². The Balaban J connectivity index is 1.69. The number of carboxylic acids is 1. The van der Waals surface area contributed by atoms with E-state index in [1.165, 1.54) is 4.88 Å². The van der Waals surface area contributed by atoms with Crippen LogP contribution in [0.2, 0.25) is 0 Å². The Hall–Kier alpha value is -1.69. The van der Waals surface area contributed by atoms with Crippen molar-refractivity contribution in [2.45, 2.75) is 44.9 Å². The standard InChI is InChI=1S/C15H18N2O3S/c18-14(19)10-15(5-1-2-6-15)9-13-17-16-12(20-13)8-11-4-3-7-21-11/h3-4,7H,1-2,5-6,8-10H2,(H,18,19). The van der Waals surface area contributed by atoms with Crippen LogP contribution in [0, 0.1) is 5.41 Å². The van der Waals surface area contributed by atoms with Gasteiger partial charge in [0, 0.05) is 11.3 Å². The molecule has 1 aliphatic carbocycles. The Labute approximate surface area is 127 Å². The second-order valence-electron chi connectivity index (χ2n) is 5.80. The average Bonchev–Trinajstić information content (AvgIpc) is 3.13. The minimum atomic E-state index is -0.741. The number of thiophene rings is 1. The van der Waals surface area contributed by atoms with Crippen molar-refractivity contribution in [3.8, 4) is 0 Å². The van der Waals surface area contributed by atoms with Gasteiger partial charge in [-0.15, -0.1) is 21.5 Å². The third-order valence-electron chi connectivity index (χ3n) is 4.13. The molecule has 1 saturated carbocycles.